The summed E-state index contributed by atoms with van der Waals surface area (Å²) in [4.78, 5) is 0.322. The Balaban J connectivity index is 2.28. The largest absolute Gasteiger partial charge is 0.390 e. The monoisotopic (exact) mass is 314 g/mol. The van der Waals surface area contributed by atoms with E-state index in [-0.39, 0.29) is 12.6 Å². The van der Waals surface area contributed by atoms with Crippen LogP contribution in [0.25, 0.3) is 0 Å². The zero-order chi connectivity index (χ0) is 15.5. The second kappa shape index (κ2) is 6.94. The number of rotatable bonds is 9. The summed E-state index contributed by atoms with van der Waals surface area (Å²) in [5, 5.41) is 9.40. The van der Waals surface area contributed by atoms with Crippen LogP contribution >= 0.6 is 0 Å². The fourth-order valence-corrected chi connectivity index (χ4v) is 4.35. The van der Waals surface area contributed by atoms with E-state index in [0.717, 1.165) is 38.6 Å². The molecule has 0 unspecified atom stereocenters. The van der Waals surface area contributed by atoms with Gasteiger partial charge in [-0.1, -0.05) is 20.3 Å². The molecule has 6 heteroatoms. The average Bonchev–Trinajstić information content (AvgIpc) is 3.19. The minimum absolute atomic E-state index is 0.131. The molecule has 0 radical (unpaired) electrons. The number of aliphatic hydroxyl groups excluding tert-OH is 1. The summed E-state index contributed by atoms with van der Waals surface area (Å²) < 4.78 is 29.2. The molecular formula is C15H26N2O3S. The van der Waals surface area contributed by atoms with Crippen LogP contribution in [0.4, 0.5) is 0 Å². The van der Waals surface area contributed by atoms with Gasteiger partial charge in [-0.2, -0.15) is 4.31 Å². The van der Waals surface area contributed by atoms with Crippen molar-refractivity contribution >= 4 is 10.0 Å². The molecule has 120 valence electrons. The quantitative estimate of drug-likeness (QED) is 0.761. The van der Waals surface area contributed by atoms with Crippen LogP contribution in [-0.4, -0.2) is 35.0 Å². The van der Waals surface area contributed by atoms with Gasteiger partial charge in [0, 0.05) is 31.0 Å². The van der Waals surface area contributed by atoms with Gasteiger partial charge in [-0.3, -0.25) is 0 Å². The van der Waals surface area contributed by atoms with Crippen molar-refractivity contribution in [2.24, 2.45) is 0 Å². The Morgan fingerprint density at radius 1 is 1.33 bits per heavy atom. The lowest BCUT2D eigenvalue weighted by atomic mass is 10.3. The van der Waals surface area contributed by atoms with Crippen molar-refractivity contribution in [2.45, 2.75) is 70.0 Å². The van der Waals surface area contributed by atoms with Gasteiger partial charge in [0.05, 0.1) is 6.61 Å². The molecule has 1 N–H and O–H groups in total. The zero-order valence-electron chi connectivity index (χ0n) is 13.0. The third-order valence-electron chi connectivity index (χ3n) is 3.88. The first kappa shape index (κ1) is 16.5. The molecule has 5 nitrogen and oxygen atoms in total. The highest BCUT2D eigenvalue weighted by molar-refractivity contribution is 7.89. The highest BCUT2D eigenvalue weighted by atomic mass is 32.2. The number of sulfonamides is 1. The smallest absolute Gasteiger partial charge is 0.244 e. The lowest BCUT2D eigenvalue weighted by molar-refractivity contribution is 0.270. The van der Waals surface area contributed by atoms with Crippen LogP contribution in [0.3, 0.4) is 0 Å². The van der Waals surface area contributed by atoms with Crippen LogP contribution in [0.1, 0.15) is 51.6 Å². The first-order valence-corrected chi connectivity index (χ1v) is 9.30. The topological polar surface area (TPSA) is 62.5 Å². The van der Waals surface area contributed by atoms with Crippen LogP contribution in [0.2, 0.25) is 0 Å². The number of hydrogen-bond acceptors (Lipinski definition) is 3. The number of nitrogens with zero attached hydrogens (tertiary/aromatic N) is 2. The molecule has 1 saturated carbocycles. The van der Waals surface area contributed by atoms with Gasteiger partial charge in [0.15, 0.2) is 0 Å². The molecule has 1 aromatic heterocycles. The van der Waals surface area contributed by atoms with Crippen LogP contribution in [0.5, 0.6) is 0 Å². The Bertz CT molecular complexity index is 561. The number of hydrogen-bond donors (Lipinski definition) is 1. The van der Waals surface area contributed by atoms with E-state index in [0.29, 0.717) is 17.1 Å². The van der Waals surface area contributed by atoms with Crippen LogP contribution in [0, 0.1) is 0 Å². The third kappa shape index (κ3) is 3.67. The van der Waals surface area contributed by atoms with E-state index in [4.69, 9.17) is 0 Å². The number of aliphatic hydroxyl groups is 1. The predicted molar refractivity (Wildman–Crippen MR) is 82.5 cm³/mol. The van der Waals surface area contributed by atoms with Gasteiger partial charge in [0.25, 0.3) is 0 Å². The second-order valence-corrected chi connectivity index (χ2v) is 7.61. The average molecular weight is 314 g/mol. The summed E-state index contributed by atoms with van der Waals surface area (Å²) >= 11 is 0. The molecule has 2 rings (SSSR count). The zero-order valence-corrected chi connectivity index (χ0v) is 13.8. The van der Waals surface area contributed by atoms with Crippen molar-refractivity contribution in [3.8, 4) is 0 Å². The van der Waals surface area contributed by atoms with Crippen LogP contribution < -0.4 is 0 Å². The normalized spacial score (nSPS) is 15.8. The summed E-state index contributed by atoms with van der Waals surface area (Å²) in [6.07, 6.45) is 6.38. The van der Waals surface area contributed by atoms with Crippen molar-refractivity contribution < 1.29 is 13.5 Å². The molecule has 0 bridgehead atoms. The molecule has 0 aromatic carbocycles. The second-order valence-electron chi connectivity index (χ2n) is 5.72. The number of unbranched alkanes of at least 4 members (excludes halogenated alkanes) is 1. The van der Waals surface area contributed by atoms with E-state index in [1.54, 1.807) is 16.6 Å². The van der Waals surface area contributed by atoms with E-state index in [9.17, 15) is 13.5 Å². The van der Waals surface area contributed by atoms with Gasteiger partial charge in [-0.05, 0) is 31.7 Å². The molecule has 1 aliphatic carbocycles. The van der Waals surface area contributed by atoms with Gasteiger partial charge in [0.2, 0.25) is 10.0 Å². The Labute approximate surface area is 127 Å². The fourth-order valence-electron chi connectivity index (χ4n) is 2.56. The predicted octanol–water partition coefficient (Wildman–Crippen LogP) is 2.34. The lowest BCUT2D eigenvalue weighted by Gasteiger charge is -2.20. The first-order valence-electron chi connectivity index (χ1n) is 7.86. The van der Waals surface area contributed by atoms with Gasteiger partial charge in [-0.25, -0.2) is 8.42 Å². The summed E-state index contributed by atoms with van der Waals surface area (Å²) in [5.41, 5.74) is 0.668. The first-order chi connectivity index (χ1) is 10.0. The van der Waals surface area contributed by atoms with Crippen molar-refractivity contribution in [1.29, 1.82) is 0 Å². The molecule has 0 atom stereocenters. The van der Waals surface area contributed by atoms with Gasteiger partial charge in [-0.15, -0.1) is 0 Å². The Hall–Kier alpha value is -0.850. The van der Waals surface area contributed by atoms with E-state index in [2.05, 4.69) is 6.92 Å². The van der Waals surface area contributed by atoms with Crippen molar-refractivity contribution in [3.63, 3.8) is 0 Å². The molecule has 0 saturated heterocycles. The van der Waals surface area contributed by atoms with Gasteiger partial charge >= 0.3 is 0 Å². The molecule has 1 fully saturated rings. The van der Waals surface area contributed by atoms with E-state index >= 15 is 0 Å². The standard InChI is InChI=1S/C15H26N2O3S/c1-3-5-9-17(13-6-7-13)21(19,20)15-10-14(12-18)16(11-15)8-4-2/h10-11,13,18H,3-9,12H2,1-2H3. The number of aromatic nitrogens is 1. The molecule has 0 amide bonds. The molecule has 1 heterocycles. The molecule has 1 aliphatic rings. The van der Waals surface area contributed by atoms with E-state index in [1.165, 1.54) is 0 Å². The third-order valence-corrected chi connectivity index (χ3v) is 5.80. The molecule has 21 heavy (non-hydrogen) atoms. The van der Waals surface area contributed by atoms with Gasteiger partial charge in [0.1, 0.15) is 4.90 Å². The minimum Gasteiger partial charge on any atom is -0.390 e. The van der Waals surface area contributed by atoms with Crippen molar-refractivity contribution in [1.82, 2.24) is 8.87 Å². The molecule has 0 aliphatic heterocycles. The maximum Gasteiger partial charge on any atom is 0.244 e. The SMILES string of the molecule is CCCCN(C1CC1)S(=O)(=O)c1cc(CO)n(CCC)c1. The summed E-state index contributed by atoms with van der Waals surface area (Å²) in [7, 11) is -3.44. The molecular weight excluding hydrogens is 288 g/mol. The van der Waals surface area contributed by atoms with Crippen LogP contribution in [0.15, 0.2) is 17.2 Å². The Morgan fingerprint density at radius 3 is 2.57 bits per heavy atom. The summed E-state index contributed by atoms with van der Waals surface area (Å²) in [6.45, 7) is 5.29. The minimum atomic E-state index is -3.44. The van der Waals surface area contributed by atoms with Crippen molar-refractivity contribution in [3.05, 3.63) is 18.0 Å². The maximum atomic E-state index is 12.8. The lowest BCUT2D eigenvalue weighted by Crippen LogP contribution is -2.33. The molecule has 0 spiro atoms. The van der Waals surface area contributed by atoms with Crippen LogP contribution in [-0.2, 0) is 23.2 Å². The highest BCUT2D eigenvalue weighted by Crippen LogP contribution is 2.33. The highest BCUT2D eigenvalue weighted by Gasteiger charge is 2.38. The summed E-state index contributed by atoms with van der Waals surface area (Å²) in [6, 6.07) is 1.79. The van der Waals surface area contributed by atoms with E-state index in [1.807, 2.05) is 11.5 Å². The molecule has 1 aromatic rings. The van der Waals surface area contributed by atoms with E-state index < -0.39 is 10.0 Å². The fraction of sp³-hybridized carbons (Fsp3) is 0.733. The van der Waals surface area contributed by atoms with Crippen molar-refractivity contribution in [2.75, 3.05) is 6.54 Å². The Morgan fingerprint density at radius 2 is 2.05 bits per heavy atom. The summed E-state index contributed by atoms with van der Waals surface area (Å²) in [5.74, 6) is 0. The Kier molecular flexibility index (Phi) is 5.46. The maximum absolute atomic E-state index is 12.8. The number of aryl methyl sites for hydroxylation is 1. The van der Waals surface area contributed by atoms with Gasteiger partial charge < -0.3 is 9.67 Å².